The minimum absolute atomic E-state index is 0.853. The first kappa shape index (κ1) is 12.4. The van der Waals surface area contributed by atoms with E-state index in [1.165, 1.54) is 64.8 Å². The maximum Gasteiger partial charge on any atom is 0.0223 e. The van der Waals surface area contributed by atoms with Gasteiger partial charge in [0.05, 0.1) is 0 Å². The average molecular weight is 224 g/mol. The third kappa shape index (κ3) is 2.98. The molecule has 0 saturated carbocycles. The van der Waals surface area contributed by atoms with Gasteiger partial charge in [-0.05, 0) is 51.2 Å². The van der Waals surface area contributed by atoms with Gasteiger partial charge in [-0.2, -0.15) is 0 Å². The number of likely N-dealkylation sites (N-methyl/N-ethyl adjacent to an activating group) is 1. The lowest BCUT2D eigenvalue weighted by molar-refractivity contribution is 0.0856. The fraction of sp³-hybridized carbons (Fsp3) is 1.00. The van der Waals surface area contributed by atoms with E-state index in [2.05, 4.69) is 23.6 Å². The van der Waals surface area contributed by atoms with E-state index in [1.807, 2.05) is 0 Å². The van der Waals surface area contributed by atoms with E-state index in [0.29, 0.717) is 0 Å². The van der Waals surface area contributed by atoms with Crippen molar-refractivity contribution in [3.63, 3.8) is 0 Å². The maximum absolute atomic E-state index is 2.73. The van der Waals surface area contributed by atoms with Crippen molar-refractivity contribution in [3.8, 4) is 0 Å². The topological polar surface area (TPSA) is 6.48 Å². The lowest BCUT2D eigenvalue weighted by Gasteiger charge is -2.40. The number of rotatable bonds is 4. The van der Waals surface area contributed by atoms with E-state index in [4.69, 9.17) is 0 Å². The van der Waals surface area contributed by atoms with Gasteiger partial charge in [0.25, 0.3) is 0 Å². The van der Waals surface area contributed by atoms with Gasteiger partial charge in [0.1, 0.15) is 0 Å². The van der Waals surface area contributed by atoms with Gasteiger partial charge in [-0.1, -0.05) is 20.3 Å². The smallest absolute Gasteiger partial charge is 0.0223 e. The molecular formula is C14H28N2. The maximum atomic E-state index is 2.73. The minimum atomic E-state index is 0.853. The van der Waals surface area contributed by atoms with Gasteiger partial charge in [0, 0.05) is 19.1 Å². The molecule has 0 radical (unpaired) electrons. The van der Waals surface area contributed by atoms with Crippen LogP contribution < -0.4 is 0 Å². The van der Waals surface area contributed by atoms with Gasteiger partial charge in [-0.25, -0.2) is 0 Å². The molecule has 94 valence electrons. The predicted octanol–water partition coefficient (Wildman–Crippen LogP) is 2.59. The van der Waals surface area contributed by atoms with Crippen molar-refractivity contribution in [2.75, 3.05) is 32.7 Å². The van der Waals surface area contributed by atoms with Crippen molar-refractivity contribution in [1.82, 2.24) is 9.80 Å². The largest absolute Gasteiger partial charge is 0.302 e. The molecule has 2 fully saturated rings. The van der Waals surface area contributed by atoms with Crippen LogP contribution in [0.15, 0.2) is 0 Å². The fourth-order valence-corrected chi connectivity index (χ4v) is 3.37. The van der Waals surface area contributed by atoms with E-state index < -0.39 is 0 Å². The Hall–Kier alpha value is -0.0800. The van der Waals surface area contributed by atoms with E-state index in [-0.39, 0.29) is 0 Å². The van der Waals surface area contributed by atoms with Crippen LogP contribution in [0, 0.1) is 5.92 Å². The molecule has 2 heterocycles. The quantitative estimate of drug-likeness (QED) is 0.724. The van der Waals surface area contributed by atoms with Gasteiger partial charge in [0.2, 0.25) is 0 Å². The summed E-state index contributed by atoms with van der Waals surface area (Å²) in [6.45, 7) is 11.3. The molecule has 2 saturated heterocycles. The SMILES string of the molecule is CCC1CCC(CN2CCCC2)N(CC)C1. The molecule has 2 rings (SSSR count). The molecule has 2 heteroatoms. The molecule has 2 nitrogen and oxygen atoms in total. The minimum Gasteiger partial charge on any atom is -0.302 e. The highest BCUT2D eigenvalue weighted by Gasteiger charge is 2.28. The summed E-state index contributed by atoms with van der Waals surface area (Å²) in [5.41, 5.74) is 0. The van der Waals surface area contributed by atoms with Crippen LogP contribution in [0.25, 0.3) is 0 Å². The second kappa shape index (κ2) is 6.02. The standard InChI is InChI=1S/C14H28N2/c1-3-13-7-8-14(16(4-2)11-13)12-15-9-5-6-10-15/h13-14H,3-12H2,1-2H3. The molecule has 0 aromatic heterocycles. The normalized spacial score (nSPS) is 33.4. The van der Waals surface area contributed by atoms with E-state index in [0.717, 1.165) is 12.0 Å². The first-order valence-electron chi connectivity index (χ1n) is 7.29. The van der Waals surface area contributed by atoms with E-state index in [1.54, 1.807) is 0 Å². The van der Waals surface area contributed by atoms with Crippen molar-refractivity contribution >= 4 is 0 Å². The van der Waals surface area contributed by atoms with Crippen LogP contribution in [-0.2, 0) is 0 Å². The predicted molar refractivity (Wildman–Crippen MR) is 69.7 cm³/mol. The number of nitrogens with zero attached hydrogens (tertiary/aromatic N) is 2. The molecule has 2 unspecified atom stereocenters. The van der Waals surface area contributed by atoms with Crippen molar-refractivity contribution in [1.29, 1.82) is 0 Å². The molecular weight excluding hydrogens is 196 g/mol. The zero-order valence-corrected chi connectivity index (χ0v) is 11.1. The molecule has 0 amide bonds. The van der Waals surface area contributed by atoms with Crippen LogP contribution in [0.2, 0.25) is 0 Å². The molecule has 0 N–H and O–H groups in total. The molecule has 0 bridgehead atoms. The lowest BCUT2D eigenvalue weighted by atomic mass is 9.90. The Morgan fingerprint density at radius 3 is 2.44 bits per heavy atom. The Balaban J connectivity index is 1.83. The highest BCUT2D eigenvalue weighted by atomic mass is 15.2. The molecule has 16 heavy (non-hydrogen) atoms. The summed E-state index contributed by atoms with van der Waals surface area (Å²) in [7, 11) is 0. The first-order chi connectivity index (χ1) is 7.83. The summed E-state index contributed by atoms with van der Waals surface area (Å²) in [6, 6.07) is 0.853. The van der Waals surface area contributed by atoms with Crippen molar-refractivity contribution < 1.29 is 0 Å². The highest BCUT2D eigenvalue weighted by Crippen LogP contribution is 2.25. The molecule has 2 aliphatic heterocycles. The van der Waals surface area contributed by atoms with Crippen molar-refractivity contribution in [3.05, 3.63) is 0 Å². The number of hydrogen-bond acceptors (Lipinski definition) is 2. The molecule has 2 atom stereocenters. The van der Waals surface area contributed by atoms with Crippen LogP contribution in [0.4, 0.5) is 0 Å². The van der Waals surface area contributed by atoms with Gasteiger partial charge in [-0.15, -0.1) is 0 Å². The summed E-state index contributed by atoms with van der Waals surface area (Å²) in [5.74, 6) is 0.967. The van der Waals surface area contributed by atoms with Gasteiger partial charge in [-0.3, -0.25) is 4.90 Å². The van der Waals surface area contributed by atoms with Crippen LogP contribution >= 0.6 is 0 Å². The third-order valence-corrected chi connectivity index (χ3v) is 4.57. The van der Waals surface area contributed by atoms with Crippen LogP contribution in [-0.4, -0.2) is 48.6 Å². The summed E-state index contributed by atoms with van der Waals surface area (Å²) < 4.78 is 0. The lowest BCUT2D eigenvalue weighted by Crippen LogP contribution is -2.48. The highest BCUT2D eigenvalue weighted by molar-refractivity contribution is 4.84. The Morgan fingerprint density at radius 1 is 1.06 bits per heavy atom. The van der Waals surface area contributed by atoms with Crippen LogP contribution in [0.3, 0.4) is 0 Å². The van der Waals surface area contributed by atoms with Crippen molar-refractivity contribution in [2.24, 2.45) is 5.92 Å². The Morgan fingerprint density at radius 2 is 1.81 bits per heavy atom. The summed E-state index contributed by atoms with van der Waals surface area (Å²) in [5, 5.41) is 0. The number of hydrogen-bond donors (Lipinski definition) is 0. The molecule has 0 aromatic rings. The molecule has 0 aliphatic carbocycles. The Labute approximate surface area is 101 Å². The fourth-order valence-electron chi connectivity index (χ4n) is 3.37. The number of likely N-dealkylation sites (tertiary alicyclic amines) is 2. The molecule has 0 spiro atoms. The van der Waals surface area contributed by atoms with Gasteiger partial charge >= 0.3 is 0 Å². The second-order valence-corrected chi connectivity index (χ2v) is 5.60. The first-order valence-corrected chi connectivity index (χ1v) is 7.29. The molecule has 0 aromatic carbocycles. The average Bonchev–Trinajstić information content (AvgIpc) is 2.82. The van der Waals surface area contributed by atoms with E-state index >= 15 is 0 Å². The zero-order valence-electron chi connectivity index (χ0n) is 11.1. The van der Waals surface area contributed by atoms with Crippen molar-refractivity contribution in [2.45, 2.75) is 52.0 Å². The zero-order chi connectivity index (χ0) is 11.4. The Kier molecular flexibility index (Phi) is 4.66. The monoisotopic (exact) mass is 224 g/mol. The van der Waals surface area contributed by atoms with E-state index in [9.17, 15) is 0 Å². The summed E-state index contributed by atoms with van der Waals surface area (Å²) in [4.78, 5) is 5.41. The van der Waals surface area contributed by atoms with Gasteiger partial charge < -0.3 is 4.90 Å². The van der Waals surface area contributed by atoms with Crippen LogP contribution in [0.5, 0.6) is 0 Å². The van der Waals surface area contributed by atoms with Gasteiger partial charge in [0.15, 0.2) is 0 Å². The summed E-state index contributed by atoms with van der Waals surface area (Å²) in [6.07, 6.45) is 7.12. The summed E-state index contributed by atoms with van der Waals surface area (Å²) >= 11 is 0. The van der Waals surface area contributed by atoms with Crippen LogP contribution in [0.1, 0.15) is 46.0 Å². The number of piperidine rings is 1. The molecule has 2 aliphatic rings. The third-order valence-electron chi connectivity index (χ3n) is 4.57. The second-order valence-electron chi connectivity index (χ2n) is 5.60. The Bertz CT molecular complexity index is 199.